The van der Waals surface area contributed by atoms with Crippen molar-refractivity contribution in [3.05, 3.63) is 11.7 Å². The molecule has 1 aliphatic rings. The van der Waals surface area contributed by atoms with Crippen molar-refractivity contribution in [1.82, 2.24) is 15.0 Å². The smallest absolute Gasteiger partial charge is 0.249 e. The fraction of sp³-hybridized carbons (Fsp3) is 0.786. The molecule has 0 aromatic carbocycles. The topological polar surface area (TPSA) is 68.5 Å². The van der Waals surface area contributed by atoms with E-state index in [0.717, 1.165) is 25.8 Å². The van der Waals surface area contributed by atoms with Gasteiger partial charge in [-0.2, -0.15) is 4.98 Å². The molecule has 0 spiro atoms. The molecule has 1 aromatic rings. The van der Waals surface area contributed by atoms with Crippen LogP contribution in [0.15, 0.2) is 4.52 Å². The van der Waals surface area contributed by atoms with Crippen LogP contribution in [0.3, 0.4) is 0 Å². The molecule has 1 atom stereocenters. The van der Waals surface area contributed by atoms with Gasteiger partial charge in [-0.15, -0.1) is 0 Å². The summed E-state index contributed by atoms with van der Waals surface area (Å²) in [6.45, 7) is 5.25. The average Bonchev–Trinajstić information content (AvgIpc) is 2.94. The number of ether oxygens (including phenoxy) is 1. The highest BCUT2D eigenvalue weighted by molar-refractivity contribution is 5.76. The van der Waals surface area contributed by atoms with E-state index in [2.05, 4.69) is 10.1 Å². The Bertz CT molecular complexity index is 445. The van der Waals surface area contributed by atoms with Crippen LogP contribution in [0.5, 0.6) is 0 Å². The Kier molecular flexibility index (Phi) is 5.11. The molecular formula is C14H23N3O3. The Morgan fingerprint density at radius 2 is 2.30 bits per heavy atom. The molecule has 0 radical (unpaired) electrons. The molecule has 2 heterocycles. The van der Waals surface area contributed by atoms with Crippen molar-refractivity contribution in [3.8, 4) is 0 Å². The van der Waals surface area contributed by atoms with Crippen LogP contribution in [0.4, 0.5) is 0 Å². The average molecular weight is 281 g/mol. The summed E-state index contributed by atoms with van der Waals surface area (Å²) in [5.41, 5.74) is 0. The number of methoxy groups -OCH3 is 1. The van der Waals surface area contributed by atoms with E-state index in [-0.39, 0.29) is 17.9 Å². The third-order valence-electron chi connectivity index (χ3n) is 3.60. The summed E-state index contributed by atoms with van der Waals surface area (Å²) in [5, 5.41) is 4.00. The van der Waals surface area contributed by atoms with Crippen LogP contribution < -0.4 is 0 Å². The van der Waals surface area contributed by atoms with E-state index in [4.69, 9.17) is 9.26 Å². The molecule has 6 heteroatoms. The zero-order valence-corrected chi connectivity index (χ0v) is 12.5. The van der Waals surface area contributed by atoms with Crippen LogP contribution in [0, 0.1) is 0 Å². The molecule has 112 valence electrons. The third-order valence-corrected chi connectivity index (χ3v) is 3.60. The van der Waals surface area contributed by atoms with Crippen LogP contribution >= 0.6 is 0 Å². The third kappa shape index (κ3) is 3.36. The summed E-state index contributed by atoms with van der Waals surface area (Å²) in [6, 6.07) is -0.0758. The number of rotatable bonds is 5. The van der Waals surface area contributed by atoms with E-state index in [1.165, 1.54) is 0 Å². The van der Waals surface area contributed by atoms with Gasteiger partial charge in [0.2, 0.25) is 11.8 Å². The van der Waals surface area contributed by atoms with Gasteiger partial charge in [0.05, 0.1) is 13.0 Å². The predicted octanol–water partition coefficient (Wildman–Crippen LogP) is 2.28. The molecule has 0 aliphatic carbocycles. The van der Waals surface area contributed by atoms with E-state index >= 15 is 0 Å². The summed E-state index contributed by atoms with van der Waals surface area (Å²) in [7, 11) is 1.61. The van der Waals surface area contributed by atoms with Crippen LogP contribution in [0.1, 0.15) is 63.2 Å². The number of carbonyl (C=O) groups excluding carboxylic acids is 1. The van der Waals surface area contributed by atoms with Crippen LogP contribution in [0.2, 0.25) is 0 Å². The number of amides is 1. The van der Waals surface area contributed by atoms with Gasteiger partial charge in [-0.25, -0.2) is 0 Å². The minimum absolute atomic E-state index is 0.0758. The van der Waals surface area contributed by atoms with E-state index in [1.54, 1.807) is 7.11 Å². The first-order valence-electron chi connectivity index (χ1n) is 7.25. The van der Waals surface area contributed by atoms with Gasteiger partial charge in [-0.05, 0) is 19.3 Å². The zero-order valence-electron chi connectivity index (χ0n) is 12.5. The molecule has 1 unspecified atom stereocenters. The van der Waals surface area contributed by atoms with Gasteiger partial charge in [0.1, 0.15) is 6.04 Å². The van der Waals surface area contributed by atoms with Crippen molar-refractivity contribution < 1.29 is 14.1 Å². The van der Waals surface area contributed by atoms with Gasteiger partial charge in [0.25, 0.3) is 0 Å². The Balaban J connectivity index is 2.11. The number of hydrogen-bond acceptors (Lipinski definition) is 5. The van der Waals surface area contributed by atoms with Crippen molar-refractivity contribution in [1.29, 1.82) is 0 Å². The van der Waals surface area contributed by atoms with Gasteiger partial charge in [0, 0.05) is 19.6 Å². The molecule has 6 nitrogen and oxygen atoms in total. The minimum Gasteiger partial charge on any atom is -0.384 e. The number of piperidine rings is 1. The first kappa shape index (κ1) is 15.0. The molecule has 0 saturated carbocycles. The van der Waals surface area contributed by atoms with E-state index < -0.39 is 0 Å². The second-order valence-corrected chi connectivity index (χ2v) is 5.49. The quantitative estimate of drug-likeness (QED) is 0.828. The lowest BCUT2D eigenvalue weighted by Crippen LogP contribution is -2.39. The highest BCUT2D eigenvalue weighted by atomic mass is 16.5. The van der Waals surface area contributed by atoms with Crippen LogP contribution in [0.25, 0.3) is 0 Å². The van der Waals surface area contributed by atoms with Gasteiger partial charge in [-0.1, -0.05) is 19.0 Å². The number of aromatic nitrogens is 2. The number of hydrogen-bond donors (Lipinski definition) is 0. The van der Waals surface area contributed by atoms with E-state index in [9.17, 15) is 4.79 Å². The molecule has 1 saturated heterocycles. The number of nitrogens with zero attached hydrogens (tertiary/aromatic N) is 3. The molecule has 1 aliphatic heterocycles. The highest BCUT2D eigenvalue weighted by Crippen LogP contribution is 2.31. The Morgan fingerprint density at radius 3 is 2.95 bits per heavy atom. The van der Waals surface area contributed by atoms with Crippen molar-refractivity contribution in [2.24, 2.45) is 0 Å². The maximum atomic E-state index is 12.2. The lowest BCUT2D eigenvalue weighted by molar-refractivity contribution is -0.136. The molecule has 1 aromatic heterocycles. The fourth-order valence-electron chi connectivity index (χ4n) is 2.44. The molecule has 0 bridgehead atoms. The monoisotopic (exact) mass is 281 g/mol. The first-order chi connectivity index (χ1) is 9.63. The van der Waals surface area contributed by atoms with Gasteiger partial charge < -0.3 is 14.2 Å². The second kappa shape index (κ2) is 6.83. The minimum atomic E-state index is -0.0758. The summed E-state index contributed by atoms with van der Waals surface area (Å²) in [6.07, 6.45) is 3.40. The Hall–Kier alpha value is -1.43. The van der Waals surface area contributed by atoms with Crippen molar-refractivity contribution in [2.75, 3.05) is 20.3 Å². The summed E-state index contributed by atoms with van der Waals surface area (Å²) >= 11 is 0. The highest BCUT2D eigenvalue weighted by Gasteiger charge is 2.31. The second-order valence-electron chi connectivity index (χ2n) is 5.49. The van der Waals surface area contributed by atoms with Crippen molar-refractivity contribution in [2.45, 2.75) is 51.5 Å². The fourth-order valence-corrected chi connectivity index (χ4v) is 2.44. The summed E-state index contributed by atoms with van der Waals surface area (Å²) in [5.74, 6) is 1.60. The van der Waals surface area contributed by atoms with Crippen LogP contribution in [-0.2, 0) is 9.53 Å². The molecule has 20 heavy (non-hydrogen) atoms. The lowest BCUT2D eigenvalue weighted by Gasteiger charge is -2.33. The molecular weight excluding hydrogens is 258 g/mol. The zero-order chi connectivity index (χ0) is 14.5. The van der Waals surface area contributed by atoms with Gasteiger partial charge >= 0.3 is 0 Å². The summed E-state index contributed by atoms with van der Waals surface area (Å²) in [4.78, 5) is 18.5. The van der Waals surface area contributed by atoms with Crippen molar-refractivity contribution >= 4 is 5.91 Å². The van der Waals surface area contributed by atoms with Gasteiger partial charge in [-0.3, -0.25) is 4.79 Å². The Morgan fingerprint density at radius 1 is 1.50 bits per heavy atom. The predicted molar refractivity (Wildman–Crippen MR) is 73.2 cm³/mol. The number of carbonyl (C=O) groups is 1. The largest absolute Gasteiger partial charge is 0.384 e. The normalized spacial score (nSPS) is 19.6. The van der Waals surface area contributed by atoms with Gasteiger partial charge in [0.15, 0.2) is 5.82 Å². The maximum Gasteiger partial charge on any atom is 0.249 e. The molecule has 1 amide bonds. The standard InChI is InChI=1S/C14H23N3O3/c1-10(2)13-15-14(20-16-13)11-6-4-5-8-17(11)12(18)7-9-19-3/h10-11H,4-9H2,1-3H3. The van der Waals surface area contributed by atoms with E-state index in [0.29, 0.717) is 24.7 Å². The lowest BCUT2D eigenvalue weighted by atomic mass is 10.0. The van der Waals surface area contributed by atoms with Crippen molar-refractivity contribution in [3.63, 3.8) is 0 Å². The SMILES string of the molecule is COCCC(=O)N1CCCCC1c1nc(C(C)C)no1. The number of likely N-dealkylation sites (tertiary alicyclic amines) is 1. The maximum absolute atomic E-state index is 12.2. The summed E-state index contributed by atoms with van der Waals surface area (Å²) < 4.78 is 10.3. The Labute approximate surface area is 119 Å². The first-order valence-corrected chi connectivity index (χ1v) is 7.25. The van der Waals surface area contributed by atoms with E-state index in [1.807, 2.05) is 18.7 Å². The molecule has 2 rings (SSSR count). The van der Waals surface area contributed by atoms with Crippen LogP contribution in [-0.4, -0.2) is 41.2 Å². The molecule has 0 N–H and O–H groups in total. The molecule has 1 fully saturated rings.